The Balaban J connectivity index is 1.94. The molecule has 0 aliphatic carbocycles. The van der Waals surface area contributed by atoms with Crippen LogP contribution in [0.3, 0.4) is 0 Å². The Kier molecular flexibility index (Phi) is 4.96. The number of benzene rings is 1. The maximum atomic E-state index is 12.4. The zero-order valence-electron chi connectivity index (χ0n) is 12.6. The molecule has 2 rings (SSSR count). The highest BCUT2D eigenvalue weighted by atomic mass is 16.4. The number of nitrogens with one attached hydrogen (secondary N) is 1. The van der Waals surface area contributed by atoms with E-state index < -0.39 is 5.97 Å². The first-order valence-corrected chi connectivity index (χ1v) is 7.41. The molecular weight excluding hydrogens is 268 g/mol. The number of aromatic carboxylic acids is 1. The average molecular weight is 290 g/mol. The zero-order chi connectivity index (χ0) is 15.4. The summed E-state index contributed by atoms with van der Waals surface area (Å²) in [5, 5.41) is 10.7. The van der Waals surface area contributed by atoms with Gasteiger partial charge in [0.05, 0.1) is 38.7 Å². The summed E-state index contributed by atoms with van der Waals surface area (Å²) in [7, 11) is 0. The van der Waals surface area contributed by atoms with E-state index in [-0.39, 0.29) is 11.5 Å². The minimum atomic E-state index is -1.22. The van der Waals surface area contributed by atoms with E-state index in [9.17, 15) is 14.7 Å². The van der Waals surface area contributed by atoms with Crippen LogP contribution in [-0.4, -0.2) is 49.5 Å². The van der Waals surface area contributed by atoms with Gasteiger partial charge in [0.25, 0.3) is 5.91 Å². The van der Waals surface area contributed by atoms with Gasteiger partial charge in [-0.1, -0.05) is 26.0 Å². The molecule has 0 bridgehead atoms. The number of hydrogen-bond donors (Lipinski definition) is 1. The van der Waals surface area contributed by atoms with Gasteiger partial charge in [0.15, 0.2) is 0 Å². The number of carboxylic acid groups (broad SMARTS) is 1. The molecule has 1 aliphatic rings. The highest BCUT2D eigenvalue weighted by molar-refractivity contribution is 5.95. The molecular formula is C16H22N2O3. The van der Waals surface area contributed by atoms with Crippen molar-refractivity contribution in [3.63, 3.8) is 0 Å². The molecule has 5 nitrogen and oxygen atoms in total. The predicted octanol–water partition coefficient (Wildman–Crippen LogP) is -0.953. The topological polar surface area (TPSA) is 64.9 Å². The Morgan fingerprint density at radius 1 is 1.14 bits per heavy atom. The van der Waals surface area contributed by atoms with E-state index in [1.165, 1.54) is 12.1 Å². The average Bonchev–Trinajstić information content (AvgIpc) is 2.47. The van der Waals surface area contributed by atoms with E-state index in [2.05, 4.69) is 13.8 Å². The van der Waals surface area contributed by atoms with E-state index >= 15 is 0 Å². The molecule has 114 valence electrons. The molecule has 1 fully saturated rings. The van der Waals surface area contributed by atoms with Crippen molar-refractivity contribution < 1.29 is 19.6 Å². The molecule has 0 aromatic heterocycles. The van der Waals surface area contributed by atoms with Crippen LogP contribution in [0.5, 0.6) is 0 Å². The van der Waals surface area contributed by atoms with Gasteiger partial charge in [-0.05, 0) is 17.7 Å². The van der Waals surface area contributed by atoms with Crippen molar-refractivity contribution in [2.75, 3.05) is 32.7 Å². The number of rotatable bonds is 4. The fourth-order valence-corrected chi connectivity index (χ4v) is 2.74. The van der Waals surface area contributed by atoms with Crippen LogP contribution in [0.25, 0.3) is 0 Å². The molecule has 1 N–H and O–H groups in total. The number of carboxylic acids is 1. The molecule has 0 unspecified atom stereocenters. The summed E-state index contributed by atoms with van der Waals surface area (Å²) in [5.41, 5.74) is 0.630. The van der Waals surface area contributed by atoms with Gasteiger partial charge in [0.1, 0.15) is 0 Å². The first-order valence-electron chi connectivity index (χ1n) is 7.41. The van der Waals surface area contributed by atoms with E-state index in [4.69, 9.17) is 0 Å². The van der Waals surface area contributed by atoms with Crippen molar-refractivity contribution in [2.24, 2.45) is 5.92 Å². The third-order valence-electron chi connectivity index (χ3n) is 3.82. The molecule has 1 heterocycles. The second kappa shape index (κ2) is 6.72. The number of nitrogens with zero attached hydrogens (tertiary/aromatic N) is 1. The SMILES string of the molecule is CC(C)C[NH+]1CCN(C(=O)c2ccc(C(=O)[O-])cc2)CC1. The van der Waals surface area contributed by atoms with E-state index in [0.717, 1.165) is 32.7 Å². The Hall–Kier alpha value is -1.88. The Labute approximate surface area is 125 Å². The second-order valence-electron chi connectivity index (χ2n) is 6.00. The van der Waals surface area contributed by atoms with E-state index in [0.29, 0.717) is 11.5 Å². The standard InChI is InChI=1S/C16H22N2O3/c1-12(2)11-17-7-9-18(10-8-17)15(19)13-3-5-14(6-4-13)16(20)21/h3-6,12H,7-11H2,1-2H3,(H,20,21). The van der Waals surface area contributed by atoms with E-state index in [1.54, 1.807) is 17.0 Å². The minimum absolute atomic E-state index is 0.0245. The zero-order valence-corrected chi connectivity index (χ0v) is 12.6. The number of amides is 1. The molecule has 21 heavy (non-hydrogen) atoms. The van der Waals surface area contributed by atoms with Crippen molar-refractivity contribution in [2.45, 2.75) is 13.8 Å². The van der Waals surface area contributed by atoms with Crippen LogP contribution >= 0.6 is 0 Å². The van der Waals surface area contributed by atoms with Gasteiger partial charge in [-0.2, -0.15) is 0 Å². The highest BCUT2D eigenvalue weighted by Gasteiger charge is 2.24. The molecule has 1 aromatic rings. The molecule has 1 amide bonds. The molecule has 1 aromatic carbocycles. The van der Waals surface area contributed by atoms with Gasteiger partial charge in [-0.25, -0.2) is 0 Å². The number of carbonyl (C=O) groups is 2. The molecule has 0 saturated carbocycles. The van der Waals surface area contributed by atoms with Crippen molar-refractivity contribution in [1.82, 2.24) is 4.90 Å². The van der Waals surface area contributed by atoms with Crippen LogP contribution in [0.2, 0.25) is 0 Å². The summed E-state index contributed by atoms with van der Waals surface area (Å²) < 4.78 is 0. The summed E-state index contributed by atoms with van der Waals surface area (Å²) in [5.74, 6) is -0.581. The number of piperazine rings is 1. The molecule has 0 spiro atoms. The summed E-state index contributed by atoms with van der Waals surface area (Å²) >= 11 is 0. The van der Waals surface area contributed by atoms with Crippen molar-refractivity contribution in [3.05, 3.63) is 35.4 Å². The lowest BCUT2D eigenvalue weighted by Crippen LogP contribution is -3.15. The summed E-state index contributed by atoms with van der Waals surface area (Å²) in [6, 6.07) is 5.95. The van der Waals surface area contributed by atoms with Gasteiger partial charge in [0, 0.05) is 11.5 Å². The van der Waals surface area contributed by atoms with Crippen LogP contribution in [0.15, 0.2) is 24.3 Å². The summed E-state index contributed by atoms with van der Waals surface area (Å²) in [4.78, 5) is 26.5. The van der Waals surface area contributed by atoms with Crippen molar-refractivity contribution in [3.8, 4) is 0 Å². The van der Waals surface area contributed by atoms with Crippen LogP contribution in [0, 0.1) is 5.92 Å². The van der Waals surface area contributed by atoms with Gasteiger partial charge in [-0.3, -0.25) is 4.79 Å². The van der Waals surface area contributed by atoms with Crippen molar-refractivity contribution in [1.29, 1.82) is 0 Å². The maximum absolute atomic E-state index is 12.4. The third kappa shape index (κ3) is 4.04. The largest absolute Gasteiger partial charge is 0.545 e. The number of hydrogen-bond acceptors (Lipinski definition) is 3. The Morgan fingerprint density at radius 3 is 2.14 bits per heavy atom. The lowest BCUT2D eigenvalue weighted by Gasteiger charge is -2.33. The normalized spacial score (nSPS) is 16.2. The van der Waals surface area contributed by atoms with Crippen LogP contribution < -0.4 is 10.0 Å². The molecule has 1 aliphatic heterocycles. The van der Waals surface area contributed by atoms with Gasteiger partial charge in [0.2, 0.25) is 0 Å². The van der Waals surface area contributed by atoms with Crippen molar-refractivity contribution >= 4 is 11.9 Å². The first-order chi connectivity index (χ1) is 9.97. The third-order valence-corrected chi connectivity index (χ3v) is 3.82. The number of carbonyl (C=O) groups excluding carboxylic acids is 2. The van der Waals surface area contributed by atoms with Crippen LogP contribution in [-0.2, 0) is 0 Å². The highest BCUT2D eigenvalue weighted by Crippen LogP contribution is 2.08. The lowest BCUT2D eigenvalue weighted by molar-refractivity contribution is -0.906. The molecule has 1 saturated heterocycles. The number of quaternary nitrogens is 1. The summed E-state index contributed by atoms with van der Waals surface area (Å²) in [6.07, 6.45) is 0. The Bertz CT molecular complexity index is 503. The Morgan fingerprint density at radius 2 is 1.67 bits per heavy atom. The molecule has 0 radical (unpaired) electrons. The first kappa shape index (κ1) is 15.5. The monoisotopic (exact) mass is 290 g/mol. The van der Waals surface area contributed by atoms with E-state index in [1.807, 2.05) is 4.90 Å². The van der Waals surface area contributed by atoms with Gasteiger partial charge >= 0.3 is 0 Å². The van der Waals surface area contributed by atoms with Gasteiger partial charge in [-0.15, -0.1) is 0 Å². The predicted molar refractivity (Wildman–Crippen MR) is 77.1 cm³/mol. The summed E-state index contributed by atoms with van der Waals surface area (Å²) in [6.45, 7) is 9.02. The molecule has 0 atom stereocenters. The van der Waals surface area contributed by atoms with Crippen LogP contribution in [0.4, 0.5) is 0 Å². The molecule has 5 heteroatoms. The maximum Gasteiger partial charge on any atom is 0.254 e. The lowest BCUT2D eigenvalue weighted by atomic mass is 10.1. The van der Waals surface area contributed by atoms with Gasteiger partial charge < -0.3 is 19.7 Å². The van der Waals surface area contributed by atoms with Crippen LogP contribution in [0.1, 0.15) is 34.6 Å². The smallest absolute Gasteiger partial charge is 0.254 e. The minimum Gasteiger partial charge on any atom is -0.545 e. The second-order valence-corrected chi connectivity index (χ2v) is 6.00. The fraction of sp³-hybridized carbons (Fsp3) is 0.500. The fourth-order valence-electron chi connectivity index (χ4n) is 2.74. The quantitative estimate of drug-likeness (QED) is 0.777.